The number of nitrogens with one attached hydrogen (secondary N) is 1. The summed E-state index contributed by atoms with van der Waals surface area (Å²) in [6.45, 7) is 1.37. The Morgan fingerprint density at radius 3 is 2.69 bits per heavy atom. The fourth-order valence-corrected chi connectivity index (χ4v) is 4.46. The monoisotopic (exact) mass is 523 g/mol. The van der Waals surface area contributed by atoms with E-state index < -0.39 is 0 Å². The van der Waals surface area contributed by atoms with Gasteiger partial charge in [-0.05, 0) is 48.2 Å². The van der Waals surface area contributed by atoms with Crippen molar-refractivity contribution >= 4 is 46.1 Å². The van der Waals surface area contributed by atoms with E-state index in [2.05, 4.69) is 26.3 Å². The topological polar surface area (TPSA) is 124 Å². The van der Waals surface area contributed by atoms with Crippen molar-refractivity contribution in [3.8, 4) is 6.07 Å². The van der Waals surface area contributed by atoms with Gasteiger partial charge in [-0.15, -0.1) is 0 Å². The molecule has 1 aliphatic heterocycles. The first-order valence-corrected chi connectivity index (χ1v) is 12.2. The van der Waals surface area contributed by atoms with Gasteiger partial charge < -0.3 is 20.5 Å². The van der Waals surface area contributed by atoms with Crippen LogP contribution in [-0.4, -0.2) is 32.2 Å². The van der Waals surface area contributed by atoms with Crippen LogP contribution in [0.4, 0.5) is 11.8 Å². The number of nitrogens with two attached hydrogens (primary N) is 1. The lowest BCUT2D eigenvalue weighted by molar-refractivity contribution is -0.0426. The number of nitriles is 1. The molecule has 3 heterocycles. The van der Waals surface area contributed by atoms with Gasteiger partial charge >= 0.3 is 0 Å². The second-order valence-corrected chi connectivity index (χ2v) is 9.27. The first-order valence-electron chi connectivity index (χ1n) is 11.4. The third-order valence-electron chi connectivity index (χ3n) is 5.97. The maximum atomic E-state index is 8.93. The Balaban J connectivity index is 1.28. The molecular weight excluding hydrogens is 501 g/mol. The lowest BCUT2D eigenvalue weighted by atomic mass is 10.1. The minimum atomic E-state index is -0.288. The minimum Gasteiger partial charge on any atom is -0.382 e. The molecule has 1 aliphatic rings. The zero-order chi connectivity index (χ0) is 25.1. The zero-order valence-electron chi connectivity index (χ0n) is 19.2. The van der Waals surface area contributed by atoms with Gasteiger partial charge in [-0.2, -0.15) is 5.26 Å². The van der Waals surface area contributed by atoms with E-state index in [0.29, 0.717) is 58.3 Å². The molecule has 11 heteroatoms. The summed E-state index contributed by atoms with van der Waals surface area (Å²) in [6, 6.07) is 14.9. The molecule has 0 aliphatic carbocycles. The van der Waals surface area contributed by atoms with Gasteiger partial charge in [0.25, 0.3) is 0 Å². The number of ether oxygens (including phenoxy) is 2. The van der Waals surface area contributed by atoms with Crippen molar-refractivity contribution in [3.63, 3.8) is 0 Å². The van der Waals surface area contributed by atoms with Gasteiger partial charge in [-0.3, -0.25) is 4.57 Å². The van der Waals surface area contributed by atoms with Gasteiger partial charge in [-0.25, -0.2) is 15.0 Å². The average Bonchev–Trinajstić information content (AvgIpc) is 3.50. The smallest absolute Gasteiger partial charge is 0.207 e. The normalized spacial score (nSPS) is 17.4. The first kappa shape index (κ1) is 24.3. The molecule has 9 nitrogen and oxygen atoms in total. The molecule has 0 saturated carbocycles. The van der Waals surface area contributed by atoms with Gasteiger partial charge in [0.05, 0.1) is 41.0 Å². The third-order valence-corrected chi connectivity index (χ3v) is 6.71. The SMILES string of the molecule is N#Cc1ccc(COCC2CCC(n3c(NCc4ccc(Cl)c(Cl)c4)nc4c(N)ncnc43)O2)cc1. The van der Waals surface area contributed by atoms with E-state index in [1.165, 1.54) is 6.33 Å². The first-order chi connectivity index (χ1) is 17.5. The number of nitrogens with zero attached hydrogens (tertiary/aromatic N) is 5. The van der Waals surface area contributed by atoms with Crippen LogP contribution in [-0.2, 0) is 22.6 Å². The number of hydrogen-bond donors (Lipinski definition) is 2. The summed E-state index contributed by atoms with van der Waals surface area (Å²) in [7, 11) is 0. The van der Waals surface area contributed by atoms with Crippen LogP contribution in [0.15, 0.2) is 48.8 Å². The molecule has 3 N–H and O–H groups in total. The number of benzene rings is 2. The summed E-state index contributed by atoms with van der Waals surface area (Å²) < 4.78 is 14.1. The quantitative estimate of drug-likeness (QED) is 0.327. The molecule has 2 atom stereocenters. The standard InChI is InChI=1S/C25H23Cl2N7O2/c26-19-7-5-17(9-20(19)27)11-30-25-33-22-23(29)31-14-32-24(22)34(25)21-8-6-18(36-21)13-35-12-16-3-1-15(10-28)2-4-16/h1-5,7,9,14,18,21H,6,8,11-13H2,(H,30,33)(H2,29,31,32). The Kier molecular flexibility index (Phi) is 7.20. The van der Waals surface area contributed by atoms with Crippen molar-refractivity contribution in [3.05, 3.63) is 75.5 Å². The predicted octanol–water partition coefficient (Wildman–Crippen LogP) is 5.09. The second-order valence-electron chi connectivity index (χ2n) is 8.45. The number of halogens is 2. The molecule has 4 aromatic rings. The van der Waals surface area contributed by atoms with Gasteiger partial charge in [0.15, 0.2) is 17.0 Å². The Morgan fingerprint density at radius 2 is 1.92 bits per heavy atom. The van der Waals surface area contributed by atoms with Crippen LogP contribution in [0.1, 0.15) is 35.8 Å². The zero-order valence-corrected chi connectivity index (χ0v) is 20.7. The molecule has 184 valence electrons. The molecule has 2 aromatic heterocycles. The van der Waals surface area contributed by atoms with E-state index in [0.717, 1.165) is 24.0 Å². The van der Waals surface area contributed by atoms with Crippen LogP contribution in [0.25, 0.3) is 11.2 Å². The molecule has 2 unspecified atom stereocenters. The number of nitrogen functional groups attached to an aromatic ring is 1. The number of imidazole rings is 1. The maximum absolute atomic E-state index is 8.93. The molecule has 0 spiro atoms. The average molecular weight is 524 g/mol. The van der Waals surface area contributed by atoms with Gasteiger partial charge in [-0.1, -0.05) is 41.4 Å². The lowest BCUT2D eigenvalue weighted by Crippen LogP contribution is -2.18. The number of fused-ring (bicyclic) bond motifs is 1. The summed E-state index contributed by atoms with van der Waals surface area (Å²) in [6.07, 6.45) is 2.65. The highest BCUT2D eigenvalue weighted by atomic mass is 35.5. The van der Waals surface area contributed by atoms with Gasteiger partial charge in [0.1, 0.15) is 12.6 Å². The minimum absolute atomic E-state index is 0.0760. The number of hydrogen-bond acceptors (Lipinski definition) is 8. The number of anilines is 2. The molecule has 0 radical (unpaired) electrons. The molecule has 0 bridgehead atoms. The highest BCUT2D eigenvalue weighted by Crippen LogP contribution is 2.35. The fourth-order valence-electron chi connectivity index (χ4n) is 4.14. The van der Waals surface area contributed by atoms with Crippen molar-refractivity contribution in [2.75, 3.05) is 17.7 Å². The largest absolute Gasteiger partial charge is 0.382 e. The summed E-state index contributed by atoms with van der Waals surface area (Å²) in [5.74, 6) is 0.879. The number of aromatic nitrogens is 4. The highest BCUT2D eigenvalue weighted by molar-refractivity contribution is 6.42. The van der Waals surface area contributed by atoms with Crippen molar-refractivity contribution < 1.29 is 9.47 Å². The Labute approximate surface area is 217 Å². The van der Waals surface area contributed by atoms with Crippen molar-refractivity contribution in [2.24, 2.45) is 0 Å². The van der Waals surface area contributed by atoms with E-state index in [-0.39, 0.29) is 12.3 Å². The summed E-state index contributed by atoms with van der Waals surface area (Å²) in [5.41, 5.74) is 9.77. The molecule has 1 fully saturated rings. The molecule has 1 saturated heterocycles. The van der Waals surface area contributed by atoms with E-state index in [4.69, 9.17) is 43.7 Å². The van der Waals surface area contributed by atoms with E-state index in [9.17, 15) is 0 Å². The van der Waals surface area contributed by atoms with Crippen molar-refractivity contribution in [1.29, 1.82) is 5.26 Å². The predicted molar refractivity (Wildman–Crippen MR) is 137 cm³/mol. The van der Waals surface area contributed by atoms with Gasteiger partial charge in [0, 0.05) is 6.54 Å². The van der Waals surface area contributed by atoms with Crippen LogP contribution in [0.2, 0.25) is 10.0 Å². The molecule has 36 heavy (non-hydrogen) atoms. The van der Waals surface area contributed by atoms with Crippen LogP contribution < -0.4 is 11.1 Å². The Morgan fingerprint density at radius 1 is 1.11 bits per heavy atom. The van der Waals surface area contributed by atoms with Crippen LogP contribution in [0.5, 0.6) is 0 Å². The summed E-state index contributed by atoms with van der Waals surface area (Å²) >= 11 is 12.2. The highest BCUT2D eigenvalue weighted by Gasteiger charge is 2.31. The summed E-state index contributed by atoms with van der Waals surface area (Å²) in [5, 5.41) is 13.3. The van der Waals surface area contributed by atoms with E-state index in [1.807, 2.05) is 28.8 Å². The van der Waals surface area contributed by atoms with Crippen LogP contribution in [0.3, 0.4) is 0 Å². The third kappa shape index (κ3) is 5.22. The molecule has 5 rings (SSSR count). The second kappa shape index (κ2) is 10.7. The van der Waals surface area contributed by atoms with Crippen LogP contribution in [0, 0.1) is 11.3 Å². The Hall–Kier alpha value is -3.42. The fraction of sp³-hybridized carbons (Fsp3) is 0.280. The van der Waals surface area contributed by atoms with E-state index >= 15 is 0 Å². The molecule has 0 amide bonds. The summed E-state index contributed by atoms with van der Waals surface area (Å²) in [4.78, 5) is 13.2. The lowest BCUT2D eigenvalue weighted by Gasteiger charge is -2.18. The van der Waals surface area contributed by atoms with Crippen molar-refractivity contribution in [2.45, 2.75) is 38.3 Å². The van der Waals surface area contributed by atoms with Gasteiger partial charge in [0.2, 0.25) is 5.95 Å². The number of rotatable bonds is 8. The molecular formula is C25H23Cl2N7O2. The van der Waals surface area contributed by atoms with Crippen molar-refractivity contribution in [1.82, 2.24) is 19.5 Å². The maximum Gasteiger partial charge on any atom is 0.207 e. The molecule has 2 aromatic carbocycles. The Bertz CT molecular complexity index is 1420. The van der Waals surface area contributed by atoms with E-state index in [1.54, 1.807) is 18.2 Å². The van der Waals surface area contributed by atoms with Crippen LogP contribution >= 0.6 is 23.2 Å².